The predicted octanol–water partition coefficient (Wildman–Crippen LogP) is 5.23. The molecule has 0 bridgehead atoms. The minimum atomic E-state index is -0.541. The third kappa shape index (κ3) is 5.43. The minimum Gasteiger partial charge on any atom is -0.493 e. The number of hydrogen-bond acceptors (Lipinski definition) is 4. The second-order valence-electron chi connectivity index (χ2n) is 8.17. The van der Waals surface area contributed by atoms with Crippen LogP contribution in [0.2, 0.25) is 0 Å². The molecule has 4 aromatic rings. The number of halogens is 1. The second-order valence-corrected chi connectivity index (χ2v) is 8.17. The summed E-state index contributed by atoms with van der Waals surface area (Å²) in [5, 5.41) is 3.34. The molecular weight excluding hydrogens is 449 g/mol. The molecule has 0 aliphatic carbocycles. The molecule has 0 aliphatic heterocycles. The van der Waals surface area contributed by atoms with Crippen molar-refractivity contribution in [1.29, 1.82) is 0 Å². The maximum Gasteiger partial charge on any atom is 0.322 e. The van der Waals surface area contributed by atoms with Crippen molar-refractivity contribution in [3.8, 4) is 11.5 Å². The van der Waals surface area contributed by atoms with Gasteiger partial charge in [-0.1, -0.05) is 42.0 Å². The number of ether oxygens (including phenoxy) is 2. The number of rotatable bonds is 7. The Labute approximate surface area is 202 Å². The van der Waals surface area contributed by atoms with Gasteiger partial charge in [0.05, 0.1) is 32.0 Å². The van der Waals surface area contributed by atoms with E-state index in [0.717, 1.165) is 16.5 Å². The van der Waals surface area contributed by atoms with Gasteiger partial charge in [0.1, 0.15) is 5.82 Å². The number of aromatic nitrogens is 1. The molecule has 1 aromatic heterocycles. The quantitative estimate of drug-likeness (QED) is 0.384. The van der Waals surface area contributed by atoms with E-state index in [2.05, 4.69) is 10.3 Å². The minimum absolute atomic E-state index is 0.00772. The number of methoxy groups -OCH3 is 2. The van der Waals surface area contributed by atoms with Crippen LogP contribution in [0.1, 0.15) is 16.7 Å². The summed E-state index contributed by atoms with van der Waals surface area (Å²) >= 11 is 0. The number of carbonyl (C=O) groups excluding carboxylic acids is 1. The maximum atomic E-state index is 14.2. The van der Waals surface area contributed by atoms with E-state index >= 15 is 0 Å². The largest absolute Gasteiger partial charge is 0.493 e. The first-order valence-corrected chi connectivity index (χ1v) is 11.0. The smallest absolute Gasteiger partial charge is 0.322 e. The van der Waals surface area contributed by atoms with Crippen molar-refractivity contribution >= 4 is 22.6 Å². The highest BCUT2D eigenvalue weighted by Gasteiger charge is 2.19. The van der Waals surface area contributed by atoms with Gasteiger partial charge in [-0.05, 0) is 36.8 Å². The van der Waals surface area contributed by atoms with Crippen LogP contribution in [0.4, 0.5) is 14.9 Å². The lowest BCUT2D eigenvalue weighted by Crippen LogP contribution is -2.36. The number of fused-ring (bicyclic) bond motifs is 1. The summed E-state index contributed by atoms with van der Waals surface area (Å²) in [6.45, 7) is 2.21. The number of pyridine rings is 1. The Morgan fingerprint density at radius 3 is 2.34 bits per heavy atom. The molecule has 35 heavy (non-hydrogen) atoms. The van der Waals surface area contributed by atoms with Crippen LogP contribution in [-0.4, -0.2) is 30.1 Å². The molecule has 4 rings (SSSR count). The Morgan fingerprint density at radius 2 is 1.66 bits per heavy atom. The highest BCUT2D eigenvalue weighted by atomic mass is 19.1. The predicted molar refractivity (Wildman–Crippen MR) is 134 cm³/mol. The molecule has 1 heterocycles. The van der Waals surface area contributed by atoms with Crippen molar-refractivity contribution in [3.63, 3.8) is 0 Å². The number of anilines is 1. The van der Waals surface area contributed by atoms with Gasteiger partial charge in [0, 0.05) is 23.6 Å². The molecular formula is C27H26FN3O4. The van der Waals surface area contributed by atoms with Gasteiger partial charge < -0.3 is 24.7 Å². The lowest BCUT2D eigenvalue weighted by Gasteiger charge is -2.23. The molecule has 0 unspecified atom stereocenters. The van der Waals surface area contributed by atoms with Crippen LogP contribution in [0, 0.1) is 12.7 Å². The van der Waals surface area contributed by atoms with Gasteiger partial charge in [-0.25, -0.2) is 9.18 Å². The summed E-state index contributed by atoms with van der Waals surface area (Å²) in [5.74, 6) is 0.473. The lowest BCUT2D eigenvalue weighted by molar-refractivity contribution is 0.206. The van der Waals surface area contributed by atoms with Gasteiger partial charge >= 0.3 is 6.03 Å². The van der Waals surface area contributed by atoms with Crippen molar-refractivity contribution < 1.29 is 18.7 Å². The van der Waals surface area contributed by atoms with E-state index in [4.69, 9.17) is 9.47 Å². The number of benzene rings is 3. The number of urea groups is 1. The van der Waals surface area contributed by atoms with Crippen LogP contribution in [0.25, 0.3) is 10.9 Å². The number of para-hydroxylation sites is 1. The lowest BCUT2D eigenvalue weighted by atomic mass is 10.1. The molecule has 8 heteroatoms. The summed E-state index contributed by atoms with van der Waals surface area (Å²) in [4.78, 5) is 30.4. The molecule has 2 amide bonds. The zero-order chi connectivity index (χ0) is 24.9. The van der Waals surface area contributed by atoms with Crippen LogP contribution in [-0.2, 0) is 13.1 Å². The van der Waals surface area contributed by atoms with Crippen LogP contribution in [0.3, 0.4) is 0 Å². The Hall–Kier alpha value is -4.33. The van der Waals surface area contributed by atoms with Crippen LogP contribution < -0.4 is 20.3 Å². The van der Waals surface area contributed by atoms with Gasteiger partial charge in [-0.3, -0.25) is 4.79 Å². The third-order valence-corrected chi connectivity index (χ3v) is 5.68. The number of hydrogen-bond donors (Lipinski definition) is 2. The van der Waals surface area contributed by atoms with E-state index < -0.39 is 11.8 Å². The van der Waals surface area contributed by atoms with Crippen molar-refractivity contribution in [2.24, 2.45) is 0 Å². The van der Waals surface area contributed by atoms with Gasteiger partial charge in [0.2, 0.25) is 0 Å². The zero-order valence-electron chi connectivity index (χ0n) is 19.7. The number of aromatic amines is 1. The fourth-order valence-corrected chi connectivity index (χ4v) is 3.77. The van der Waals surface area contributed by atoms with Gasteiger partial charge in [-0.2, -0.15) is 0 Å². The molecule has 2 N–H and O–H groups in total. The van der Waals surface area contributed by atoms with Crippen molar-refractivity contribution in [2.75, 3.05) is 19.5 Å². The van der Waals surface area contributed by atoms with Gasteiger partial charge in [0.15, 0.2) is 11.5 Å². The van der Waals surface area contributed by atoms with E-state index in [-0.39, 0.29) is 24.3 Å². The Bertz CT molecular complexity index is 1420. The number of nitrogens with one attached hydrogen (secondary N) is 2. The number of amides is 2. The van der Waals surface area contributed by atoms with Crippen molar-refractivity contribution in [1.82, 2.24) is 9.88 Å². The number of H-pyrrole nitrogens is 1. The highest BCUT2D eigenvalue weighted by molar-refractivity contribution is 5.89. The average Bonchev–Trinajstić information content (AvgIpc) is 2.85. The molecule has 0 spiro atoms. The molecule has 3 aromatic carbocycles. The molecule has 0 saturated heterocycles. The maximum absolute atomic E-state index is 14.2. The Kier molecular flexibility index (Phi) is 7.01. The topological polar surface area (TPSA) is 83.7 Å². The average molecular weight is 476 g/mol. The molecule has 0 atom stereocenters. The number of aryl methyl sites for hydroxylation is 1. The standard InChI is InChI=1S/C27H26FN3O4/c1-17-8-10-18(11-9-17)15-31(27(33)30-22-7-5-4-6-21(22)28)16-20-12-19-13-24(34-2)25(35-3)14-23(19)29-26(20)32/h4-14H,15-16H2,1-3H3,(H,29,32)(H,30,33). The van der Waals surface area contributed by atoms with Crippen LogP contribution in [0.5, 0.6) is 11.5 Å². The van der Waals surface area contributed by atoms with E-state index in [1.54, 1.807) is 30.3 Å². The molecule has 180 valence electrons. The molecule has 0 radical (unpaired) electrons. The Morgan fingerprint density at radius 1 is 0.971 bits per heavy atom. The van der Waals surface area contributed by atoms with Crippen LogP contribution >= 0.6 is 0 Å². The first-order chi connectivity index (χ1) is 16.9. The van der Waals surface area contributed by atoms with E-state index in [9.17, 15) is 14.0 Å². The summed E-state index contributed by atoms with van der Waals surface area (Å²) in [6.07, 6.45) is 0. The zero-order valence-corrected chi connectivity index (χ0v) is 19.7. The van der Waals surface area contributed by atoms with E-state index in [1.165, 1.54) is 31.3 Å². The highest BCUT2D eigenvalue weighted by Crippen LogP contribution is 2.31. The monoisotopic (exact) mass is 475 g/mol. The summed E-state index contributed by atoms with van der Waals surface area (Å²) in [5.41, 5.74) is 2.65. The SMILES string of the molecule is COc1cc2cc(CN(Cc3ccc(C)cc3)C(=O)Nc3ccccc3F)c(=O)[nH]c2cc1OC. The number of nitrogens with zero attached hydrogens (tertiary/aromatic N) is 1. The third-order valence-electron chi connectivity index (χ3n) is 5.68. The molecule has 7 nitrogen and oxygen atoms in total. The van der Waals surface area contributed by atoms with Crippen molar-refractivity contribution in [3.05, 3.63) is 99.6 Å². The fourth-order valence-electron chi connectivity index (χ4n) is 3.77. The normalized spacial score (nSPS) is 10.7. The first kappa shape index (κ1) is 23.8. The van der Waals surface area contributed by atoms with Gasteiger partial charge in [-0.15, -0.1) is 0 Å². The van der Waals surface area contributed by atoms with Gasteiger partial charge in [0.25, 0.3) is 5.56 Å². The molecule has 0 saturated carbocycles. The first-order valence-electron chi connectivity index (χ1n) is 11.0. The molecule has 0 aliphatic rings. The number of carbonyl (C=O) groups is 1. The second kappa shape index (κ2) is 10.3. The Balaban J connectivity index is 1.69. The summed E-state index contributed by atoms with van der Waals surface area (Å²) in [6, 6.07) is 18.3. The van der Waals surface area contributed by atoms with Crippen LogP contribution in [0.15, 0.2) is 71.5 Å². The van der Waals surface area contributed by atoms with E-state index in [0.29, 0.717) is 22.6 Å². The van der Waals surface area contributed by atoms with E-state index in [1.807, 2.05) is 31.2 Å². The fraction of sp³-hybridized carbons (Fsp3) is 0.185. The summed E-state index contributed by atoms with van der Waals surface area (Å²) in [7, 11) is 3.06. The van der Waals surface area contributed by atoms with Crippen molar-refractivity contribution in [2.45, 2.75) is 20.0 Å². The summed E-state index contributed by atoms with van der Waals surface area (Å²) < 4.78 is 24.9. The molecule has 0 fully saturated rings.